The largest absolute Gasteiger partial charge is 0.381 e. The minimum atomic E-state index is 0.612. The molecule has 5 heteroatoms. The summed E-state index contributed by atoms with van der Waals surface area (Å²) >= 11 is 0. The van der Waals surface area contributed by atoms with Gasteiger partial charge in [0.15, 0.2) is 5.96 Å². The summed E-state index contributed by atoms with van der Waals surface area (Å²) in [6.45, 7) is 16.8. The van der Waals surface area contributed by atoms with Crippen LogP contribution >= 0.6 is 0 Å². The van der Waals surface area contributed by atoms with Crippen molar-refractivity contribution < 1.29 is 4.74 Å². The zero-order valence-electron chi connectivity index (χ0n) is 15.7. The second-order valence-corrected chi connectivity index (χ2v) is 6.92. The van der Waals surface area contributed by atoms with Gasteiger partial charge in [0.05, 0.1) is 0 Å². The smallest absolute Gasteiger partial charge is 0.191 e. The van der Waals surface area contributed by atoms with Gasteiger partial charge in [0.25, 0.3) is 0 Å². The molecule has 0 bridgehead atoms. The molecule has 0 aliphatic carbocycles. The van der Waals surface area contributed by atoms with Crippen LogP contribution in [0.25, 0.3) is 0 Å². The van der Waals surface area contributed by atoms with E-state index in [0.717, 1.165) is 45.2 Å². The lowest BCUT2D eigenvalue weighted by Crippen LogP contribution is -2.38. The first-order valence-electron chi connectivity index (χ1n) is 9.47. The maximum Gasteiger partial charge on any atom is 0.191 e. The van der Waals surface area contributed by atoms with E-state index in [-0.39, 0.29) is 0 Å². The molecular weight excluding hydrogens is 288 g/mol. The zero-order valence-corrected chi connectivity index (χ0v) is 15.7. The SMILES string of the molecule is CCCN1CCC(CN=C(NCC)NCCCOCC(C)C)C1. The van der Waals surface area contributed by atoms with E-state index in [2.05, 4.69) is 43.2 Å². The van der Waals surface area contributed by atoms with Crippen LogP contribution in [0.4, 0.5) is 0 Å². The topological polar surface area (TPSA) is 48.9 Å². The van der Waals surface area contributed by atoms with Gasteiger partial charge in [0.1, 0.15) is 0 Å². The number of nitrogens with zero attached hydrogens (tertiary/aromatic N) is 2. The lowest BCUT2D eigenvalue weighted by molar-refractivity contribution is 0.108. The number of rotatable bonds is 11. The fourth-order valence-corrected chi connectivity index (χ4v) is 2.84. The van der Waals surface area contributed by atoms with Gasteiger partial charge < -0.3 is 20.3 Å². The molecule has 136 valence electrons. The molecule has 0 saturated carbocycles. The summed E-state index contributed by atoms with van der Waals surface area (Å²) in [5, 5.41) is 6.75. The molecule has 1 rings (SSSR count). The van der Waals surface area contributed by atoms with Crippen molar-refractivity contribution in [3.63, 3.8) is 0 Å². The third-order valence-corrected chi connectivity index (χ3v) is 3.97. The van der Waals surface area contributed by atoms with Crippen molar-refractivity contribution in [1.82, 2.24) is 15.5 Å². The van der Waals surface area contributed by atoms with Crippen LogP contribution in [0.3, 0.4) is 0 Å². The lowest BCUT2D eigenvalue weighted by atomic mass is 10.1. The van der Waals surface area contributed by atoms with E-state index in [1.54, 1.807) is 0 Å². The number of ether oxygens (including phenoxy) is 1. The van der Waals surface area contributed by atoms with E-state index < -0.39 is 0 Å². The van der Waals surface area contributed by atoms with Crippen molar-refractivity contribution in [3.8, 4) is 0 Å². The van der Waals surface area contributed by atoms with E-state index in [4.69, 9.17) is 9.73 Å². The Morgan fingerprint density at radius 1 is 1.30 bits per heavy atom. The van der Waals surface area contributed by atoms with E-state index in [9.17, 15) is 0 Å². The van der Waals surface area contributed by atoms with Crippen molar-refractivity contribution in [2.75, 3.05) is 52.5 Å². The molecule has 0 spiro atoms. The van der Waals surface area contributed by atoms with Crippen molar-refractivity contribution >= 4 is 5.96 Å². The van der Waals surface area contributed by atoms with Gasteiger partial charge >= 0.3 is 0 Å². The van der Waals surface area contributed by atoms with Crippen LogP contribution in [0, 0.1) is 11.8 Å². The van der Waals surface area contributed by atoms with E-state index in [1.165, 1.54) is 32.5 Å². The van der Waals surface area contributed by atoms with Gasteiger partial charge in [-0.3, -0.25) is 4.99 Å². The normalized spacial score (nSPS) is 19.5. The quantitative estimate of drug-likeness (QED) is 0.348. The number of aliphatic imine (C=N–C) groups is 1. The minimum absolute atomic E-state index is 0.612. The number of likely N-dealkylation sites (tertiary alicyclic amines) is 1. The molecule has 1 aliphatic heterocycles. The van der Waals surface area contributed by atoms with Crippen LogP contribution in [0.5, 0.6) is 0 Å². The zero-order chi connectivity index (χ0) is 16.9. The Labute approximate surface area is 143 Å². The summed E-state index contributed by atoms with van der Waals surface area (Å²) in [5.74, 6) is 2.28. The van der Waals surface area contributed by atoms with Crippen molar-refractivity contribution in [2.45, 2.75) is 47.0 Å². The third kappa shape index (κ3) is 9.82. The molecule has 0 amide bonds. The Morgan fingerprint density at radius 3 is 2.83 bits per heavy atom. The highest BCUT2D eigenvalue weighted by molar-refractivity contribution is 5.79. The molecule has 0 aromatic carbocycles. The number of nitrogens with one attached hydrogen (secondary N) is 2. The second kappa shape index (κ2) is 12.6. The highest BCUT2D eigenvalue weighted by Crippen LogP contribution is 2.16. The summed E-state index contributed by atoms with van der Waals surface area (Å²) in [5.41, 5.74) is 0. The molecule has 0 aromatic rings. The highest BCUT2D eigenvalue weighted by atomic mass is 16.5. The summed E-state index contributed by atoms with van der Waals surface area (Å²) in [6.07, 6.45) is 3.55. The molecule has 1 unspecified atom stereocenters. The molecule has 2 N–H and O–H groups in total. The highest BCUT2D eigenvalue weighted by Gasteiger charge is 2.21. The van der Waals surface area contributed by atoms with Gasteiger partial charge in [0.2, 0.25) is 0 Å². The maximum absolute atomic E-state index is 5.61. The van der Waals surface area contributed by atoms with Crippen LogP contribution in [0.15, 0.2) is 4.99 Å². The molecule has 23 heavy (non-hydrogen) atoms. The van der Waals surface area contributed by atoms with E-state index >= 15 is 0 Å². The third-order valence-electron chi connectivity index (χ3n) is 3.97. The first kappa shape index (κ1) is 20.2. The van der Waals surface area contributed by atoms with Crippen molar-refractivity contribution in [1.29, 1.82) is 0 Å². The van der Waals surface area contributed by atoms with Crippen LogP contribution in [-0.2, 0) is 4.74 Å². The van der Waals surface area contributed by atoms with Gasteiger partial charge in [-0.2, -0.15) is 0 Å². The monoisotopic (exact) mass is 326 g/mol. The molecule has 1 saturated heterocycles. The van der Waals surface area contributed by atoms with Gasteiger partial charge in [-0.25, -0.2) is 0 Å². The summed E-state index contributed by atoms with van der Waals surface area (Å²) < 4.78 is 5.61. The molecule has 5 nitrogen and oxygen atoms in total. The predicted molar refractivity (Wildman–Crippen MR) is 99.1 cm³/mol. The fraction of sp³-hybridized carbons (Fsp3) is 0.944. The van der Waals surface area contributed by atoms with Crippen LogP contribution in [0.1, 0.15) is 47.0 Å². The van der Waals surface area contributed by atoms with Crippen LogP contribution in [-0.4, -0.2) is 63.3 Å². The Hall–Kier alpha value is -0.810. The first-order chi connectivity index (χ1) is 11.2. The maximum atomic E-state index is 5.61. The minimum Gasteiger partial charge on any atom is -0.381 e. The predicted octanol–water partition coefficient (Wildman–Crippen LogP) is 2.34. The van der Waals surface area contributed by atoms with Gasteiger partial charge in [-0.1, -0.05) is 20.8 Å². The van der Waals surface area contributed by atoms with E-state index in [0.29, 0.717) is 11.8 Å². The number of hydrogen-bond donors (Lipinski definition) is 2. The second-order valence-electron chi connectivity index (χ2n) is 6.92. The Morgan fingerprint density at radius 2 is 2.13 bits per heavy atom. The molecular formula is C18H38N4O. The molecule has 1 heterocycles. The first-order valence-corrected chi connectivity index (χ1v) is 9.47. The van der Waals surface area contributed by atoms with Crippen LogP contribution < -0.4 is 10.6 Å². The Bertz CT molecular complexity index is 320. The van der Waals surface area contributed by atoms with Gasteiger partial charge in [-0.05, 0) is 51.1 Å². The van der Waals surface area contributed by atoms with Crippen LogP contribution in [0.2, 0.25) is 0 Å². The Kier molecular flexibility index (Phi) is 11.1. The summed E-state index contributed by atoms with van der Waals surface area (Å²) in [7, 11) is 0. The fourth-order valence-electron chi connectivity index (χ4n) is 2.84. The molecule has 1 atom stereocenters. The molecule has 1 aliphatic rings. The van der Waals surface area contributed by atoms with Crippen molar-refractivity contribution in [2.24, 2.45) is 16.8 Å². The van der Waals surface area contributed by atoms with E-state index in [1.807, 2.05) is 0 Å². The molecule has 0 radical (unpaired) electrons. The summed E-state index contributed by atoms with van der Waals surface area (Å²) in [6, 6.07) is 0. The van der Waals surface area contributed by atoms with Gasteiger partial charge in [-0.15, -0.1) is 0 Å². The average Bonchev–Trinajstić information content (AvgIpc) is 2.96. The average molecular weight is 327 g/mol. The molecule has 1 fully saturated rings. The standard InChI is InChI=1S/C18H38N4O/c1-5-10-22-11-8-17(14-22)13-21-18(19-6-2)20-9-7-12-23-15-16(3)4/h16-17H,5-15H2,1-4H3,(H2,19,20,21). The van der Waals surface area contributed by atoms with Crippen molar-refractivity contribution in [3.05, 3.63) is 0 Å². The number of hydrogen-bond acceptors (Lipinski definition) is 3. The molecule has 0 aromatic heterocycles. The lowest BCUT2D eigenvalue weighted by Gasteiger charge is -2.15. The summed E-state index contributed by atoms with van der Waals surface area (Å²) in [4.78, 5) is 7.33. The Balaban J connectivity index is 2.20. The van der Waals surface area contributed by atoms with Gasteiger partial charge in [0, 0.05) is 39.4 Å². The number of guanidine groups is 1.